The number of urea groups is 1. The number of nitrogen functional groups attached to an aromatic ring is 1. The molecule has 8 nitrogen and oxygen atoms in total. The molecule has 0 saturated heterocycles. The summed E-state index contributed by atoms with van der Waals surface area (Å²) in [4.78, 5) is 16.7. The van der Waals surface area contributed by atoms with Gasteiger partial charge in [-0.2, -0.15) is 5.10 Å². The number of hydrogen-bond donors (Lipinski definition) is 3. The number of nitrogens with one attached hydrogen (secondary N) is 2. The number of pyridine rings is 1. The van der Waals surface area contributed by atoms with Crippen LogP contribution in [0, 0.1) is 6.92 Å². The third kappa shape index (κ3) is 5.53. The highest BCUT2D eigenvalue weighted by molar-refractivity contribution is 5.99. The fourth-order valence-electron chi connectivity index (χ4n) is 3.31. The zero-order valence-electron chi connectivity index (χ0n) is 19.7. The van der Waals surface area contributed by atoms with Crippen LogP contribution < -0.4 is 21.1 Å². The van der Waals surface area contributed by atoms with E-state index in [0.29, 0.717) is 28.8 Å². The highest BCUT2D eigenvalue weighted by Crippen LogP contribution is 2.27. The Bertz CT molecular complexity index is 1310. The second kappa shape index (κ2) is 9.27. The molecule has 0 aliphatic carbocycles. The van der Waals surface area contributed by atoms with Gasteiger partial charge in [0.15, 0.2) is 0 Å². The lowest BCUT2D eigenvalue weighted by molar-refractivity contribution is 0.262. The zero-order valence-corrected chi connectivity index (χ0v) is 19.7. The summed E-state index contributed by atoms with van der Waals surface area (Å²) in [6.45, 7) is 8.28. The monoisotopic (exact) mass is 456 g/mol. The van der Waals surface area contributed by atoms with Crippen LogP contribution in [0.1, 0.15) is 32.0 Å². The van der Waals surface area contributed by atoms with E-state index < -0.39 is 0 Å². The van der Waals surface area contributed by atoms with E-state index in [9.17, 15) is 4.79 Å². The predicted octanol–water partition coefficient (Wildman–Crippen LogP) is 5.89. The lowest BCUT2D eigenvalue weighted by Crippen LogP contribution is -2.21. The molecule has 2 aromatic carbocycles. The van der Waals surface area contributed by atoms with E-state index in [1.54, 1.807) is 47.3 Å². The van der Waals surface area contributed by atoms with Crippen LogP contribution in [-0.2, 0) is 5.41 Å². The molecule has 2 amide bonds. The van der Waals surface area contributed by atoms with Crippen molar-refractivity contribution in [3.05, 3.63) is 84.2 Å². The number of nitrogens with zero attached hydrogens (tertiary/aromatic N) is 3. The molecule has 174 valence electrons. The Morgan fingerprint density at radius 2 is 1.74 bits per heavy atom. The normalized spacial score (nSPS) is 11.2. The number of aromatic nitrogens is 3. The summed E-state index contributed by atoms with van der Waals surface area (Å²) in [7, 11) is 0. The maximum atomic E-state index is 12.8. The summed E-state index contributed by atoms with van der Waals surface area (Å²) >= 11 is 0. The van der Waals surface area contributed by atoms with E-state index in [1.807, 2.05) is 37.3 Å². The number of carbonyl (C=O) groups excluding carboxylic acids is 1. The molecule has 0 saturated carbocycles. The summed E-state index contributed by atoms with van der Waals surface area (Å²) < 4.78 is 7.52. The second-order valence-electron chi connectivity index (χ2n) is 9.04. The van der Waals surface area contributed by atoms with Crippen LogP contribution in [0.3, 0.4) is 0 Å². The average Bonchev–Trinajstić information content (AvgIpc) is 3.19. The number of ether oxygens (including phenoxy) is 1. The summed E-state index contributed by atoms with van der Waals surface area (Å²) in [5.41, 5.74) is 9.00. The van der Waals surface area contributed by atoms with Crippen LogP contribution in [0.2, 0.25) is 0 Å². The molecule has 2 heterocycles. The van der Waals surface area contributed by atoms with E-state index in [0.717, 1.165) is 16.9 Å². The van der Waals surface area contributed by atoms with Crippen LogP contribution in [0.5, 0.6) is 11.5 Å². The zero-order chi connectivity index (χ0) is 24.3. The number of anilines is 3. The van der Waals surface area contributed by atoms with E-state index in [4.69, 9.17) is 15.6 Å². The number of amides is 2. The molecule has 34 heavy (non-hydrogen) atoms. The molecule has 0 spiro atoms. The standard InChI is InChI=1S/C26H28N6O2/c1-17-6-5-7-19(14-17)32-24(16-22(31-32)26(2,3)4)30-25(33)29-18-8-10-20(11-9-18)34-21-12-13-28-23(27)15-21/h5-16H,1-4H3,(H2,27,28)(H2,29,30,33). The van der Waals surface area contributed by atoms with Gasteiger partial charge in [0, 0.05) is 29.4 Å². The first-order valence-electron chi connectivity index (χ1n) is 10.9. The third-order valence-electron chi connectivity index (χ3n) is 5.07. The van der Waals surface area contributed by atoms with Gasteiger partial charge in [0.2, 0.25) is 0 Å². The van der Waals surface area contributed by atoms with Crippen LogP contribution in [0.25, 0.3) is 5.69 Å². The van der Waals surface area contributed by atoms with Gasteiger partial charge in [0.25, 0.3) is 0 Å². The summed E-state index contributed by atoms with van der Waals surface area (Å²) in [6.07, 6.45) is 1.58. The Morgan fingerprint density at radius 1 is 0.971 bits per heavy atom. The van der Waals surface area contributed by atoms with Gasteiger partial charge in [-0.1, -0.05) is 32.9 Å². The largest absolute Gasteiger partial charge is 0.457 e. The van der Waals surface area contributed by atoms with E-state index >= 15 is 0 Å². The lowest BCUT2D eigenvalue weighted by atomic mass is 9.92. The highest BCUT2D eigenvalue weighted by atomic mass is 16.5. The average molecular weight is 457 g/mol. The summed E-state index contributed by atoms with van der Waals surface area (Å²) in [5, 5.41) is 10.5. The first-order chi connectivity index (χ1) is 16.2. The van der Waals surface area contributed by atoms with Crippen molar-refractivity contribution in [2.24, 2.45) is 0 Å². The first-order valence-corrected chi connectivity index (χ1v) is 10.9. The molecule has 4 rings (SSSR count). The molecule has 8 heteroatoms. The number of hydrogen-bond acceptors (Lipinski definition) is 5. The lowest BCUT2D eigenvalue weighted by Gasteiger charge is -2.14. The van der Waals surface area contributed by atoms with E-state index in [1.165, 1.54) is 0 Å². The molecule has 0 atom stereocenters. The molecule has 0 unspecified atom stereocenters. The van der Waals surface area contributed by atoms with Crippen molar-refractivity contribution in [3.63, 3.8) is 0 Å². The van der Waals surface area contributed by atoms with Crippen molar-refractivity contribution in [2.75, 3.05) is 16.4 Å². The van der Waals surface area contributed by atoms with E-state index in [-0.39, 0.29) is 11.4 Å². The van der Waals surface area contributed by atoms with Crippen LogP contribution >= 0.6 is 0 Å². The number of benzene rings is 2. The van der Waals surface area contributed by atoms with Crippen LogP contribution in [0.4, 0.5) is 22.1 Å². The van der Waals surface area contributed by atoms with Crippen molar-refractivity contribution in [1.82, 2.24) is 14.8 Å². The van der Waals surface area contributed by atoms with Crippen molar-refractivity contribution in [3.8, 4) is 17.2 Å². The molecule has 0 aliphatic rings. The van der Waals surface area contributed by atoms with Crippen molar-refractivity contribution >= 4 is 23.4 Å². The van der Waals surface area contributed by atoms with E-state index in [2.05, 4.69) is 36.4 Å². The maximum absolute atomic E-state index is 12.8. The molecule has 0 aliphatic heterocycles. The van der Waals surface area contributed by atoms with Crippen LogP contribution in [-0.4, -0.2) is 20.8 Å². The van der Waals surface area contributed by atoms with Crippen molar-refractivity contribution < 1.29 is 9.53 Å². The fourth-order valence-corrected chi connectivity index (χ4v) is 3.31. The Hall–Kier alpha value is -4.33. The molecule has 0 radical (unpaired) electrons. The minimum absolute atomic E-state index is 0.169. The van der Waals surface area contributed by atoms with Gasteiger partial charge in [0.05, 0.1) is 11.4 Å². The molecular formula is C26H28N6O2. The smallest absolute Gasteiger partial charge is 0.324 e. The van der Waals surface area contributed by atoms with Gasteiger partial charge in [-0.3, -0.25) is 5.32 Å². The molecule has 2 aromatic heterocycles. The Balaban J connectivity index is 1.49. The maximum Gasteiger partial charge on any atom is 0.324 e. The molecule has 4 aromatic rings. The molecular weight excluding hydrogens is 428 g/mol. The quantitative estimate of drug-likeness (QED) is 0.347. The third-order valence-corrected chi connectivity index (χ3v) is 5.07. The highest BCUT2D eigenvalue weighted by Gasteiger charge is 2.21. The van der Waals surface area contributed by atoms with Gasteiger partial charge in [-0.05, 0) is 55.0 Å². The Labute approximate surface area is 198 Å². The van der Waals surface area contributed by atoms with Gasteiger partial charge >= 0.3 is 6.03 Å². The fraction of sp³-hybridized carbons (Fsp3) is 0.192. The van der Waals surface area contributed by atoms with Crippen LogP contribution in [0.15, 0.2) is 72.9 Å². The number of carbonyl (C=O) groups is 1. The second-order valence-corrected chi connectivity index (χ2v) is 9.04. The molecule has 0 bridgehead atoms. The first kappa shape index (κ1) is 22.8. The van der Waals surface area contributed by atoms with Crippen molar-refractivity contribution in [1.29, 1.82) is 0 Å². The van der Waals surface area contributed by atoms with Gasteiger partial charge in [-0.25, -0.2) is 14.5 Å². The van der Waals surface area contributed by atoms with Crippen molar-refractivity contribution in [2.45, 2.75) is 33.1 Å². The minimum Gasteiger partial charge on any atom is -0.457 e. The molecule has 4 N–H and O–H groups in total. The number of aryl methyl sites for hydroxylation is 1. The molecule has 0 fully saturated rings. The Kier molecular flexibility index (Phi) is 6.23. The Morgan fingerprint density at radius 3 is 2.41 bits per heavy atom. The topological polar surface area (TPSA) is 107 Å². The number of rotatable bonds is 5. The minimum atomic E-state index is -0.371. The predicted molar refractivity (Wildman–Crippen MR) is 135 cm³/mol. The SMILES string of the molecule is Cc1cccc(-n2nc(C(C)(C)C)cc2NC(=O)Nc2ccc(Oc3ccnc(N)c3)cc2)c1. The van der Waals surface area contributed by atoms with Gasteiger partial charge in [-0.15, -0.1) is 0 Å². The summed E-state index contributed by atoms with van der Waals surface area (Å²) in [6, 6.07) is 19.9. The van der Waals surface area contributed by atoms with Gasteiger partial charge in [0.1, 0.15) is 23.1 Å². The number of nitrogens with two attached hydrogens (primary N) is 1. The summed E-state index contributed by atoms with van der Waals surface area (Å²) in [5.74, 6) is 2.17. The van der Waals surface area contributed by atoms with Gasteiger partial charge < -0.3 is 15.8 Å².